The number of rotatable bonds is 6. The van der Waals surface area contributed by atoms with Crippen LogP contribution in [0.25, 0.3) is 0 Å². The van der Waals surface area contributed by atoms with E-state index in [2.05, 4.69) is 5.32 Å². The summed E-state index contributed by atoms with van der Waals surface area (Å²) in [5.74, 6) is -0.563. The zero-order chi connectivity index (χ0) is 19.6. The number of aryl methyl sites for hydroxylation is 1. The Morgan fingerprint density at radius 2 is 1.89 bits per heavy atom. The van der Waals surface area contributed by atoms with Gasteiger partial charge in [-0.15, -0.1) is 11.3 Å². The molecule has 3 rings (SSSR count). The Bertz CT molecular complexity index is 872. The number of anilines is 1. The molecule has 1 aromatic heterocycles. The quantitative estimate of drug-likeness (QED) is 0.675. The zero-order valence-electron chi connectivity index (χ0n) is 14.9. The summed E-state index contributed by atoms with van der Waals surface area (Å²) in [6.45, 7) is 2.45. The van der Waals surface area contributed by atoms with Gasteiger partial charge in [-0.25, -0.2) is 0 Å². The van der Waals surface area contributed by atoms with Crippen LogP contribution in [-0.2, 0) is 12.8 Å². The van der Waals surface area contributed by atoms with Crippen LogP contribution < -0.4 is 15.8 Å². The SMILES string of the molecule is CCCOc1c(Cl)cc(C(=O)Nc2sc3c(c2C(N)=O)CCCC3)cc1Cl. The van der Waals surface area contributed by atoms with E-state index >= 15 is 0 Å². The highest BCUT2D eigenvalue weighted by molar-refractivity contribution is 7.17. The molecular formula is C19H20Cl2N2O3S. The van der Waals surface area contributed by atoms with Gasteiger partial charge in [-0.3, -0.25) is 9.59 Å². The molecule has 1 heterocycles. The molecule has 144 valence electrons. The van der Waals surface area contributed by atoms with Gasteiger partial charge < -0.3 is 15.8 Å². The van der Waals surface area contributed by atoms with Crippen LogP contribution in [-0.4, -0.2) is 18.4 Å². The molecule has 2 amide bonds. The molecule has 0 bridgehead atoms. The number of hydrogen-bond donors (Lipinski definition) is 2. The number of carbonyl (C=O) groups excluding carboxylic acids is 2. The number of primary amides is 1. The summed E-state index contributed by atoms with van der Waals surface area (Å²) < 4.78 is 5.52. The molecule has 0 fully saturated rings. The summed E-state index contributed by atoms with van der Waals surface area (Å²) in [5.41, 5.74) is 7.24. The fourth-order valence-electron chi connectivity index (χ4n) is 3.12. The van der Waals surface area contributed by atoms with Gasteiger partial charge in [0.15, 0.2) is 5.75 Å². The van der Waals surface area contributed by atoms with E-state index in [4.69, 9.17) is 33.7 Å². The topological polar surface area (TPSA) is 81.4 Å². The average Bonchev–Trinajstić information content (AvgIpc) is 2.98. The smallest absolute Gasteiger partial charge is 0.256 e. The van der Waals surface area contributed by atoms with Gasteiger partial charge in [0.05, 0.1) is 22.2 Å². The number of fused-ring (bicyclic) bond motifs is 1. The van der Waals surface area contributed by atoms with Gasteiger partial charge in [0.25, 0.3) is 11.8 Å². The first-order valence-corrected chi connectivity index (χ1v) is 10.4. The molecule has 27 heavy (non-hydrogen) atoms. The highest BCUT2D eigenvalue weighted by Gasteiger charge is 2.25. The summed E-state index contributed by atoms with van der Waals surface area (Å²) >= 11 is 13.9. The number of hydrogen-bond acceptors (Lipinski definition) is 4. The van der Waals surface area contributed by atoms with Crippen LogP contribution in [0.3, 0.4) is 0 Å². The monoisotopic (exact) mass is 426 g/mol. The van der Waals surface area contributed by atoms with Crippen molar-refractivity contribution in [2.45, 2.75) is 39.0 Å². The third kappa shape index (κ3) is 4.23. The van der Waals surface area contributed by atoms with Crippen LogP contribution in [0.2, 0.25) is 10.0 Å². The number of thiophene rings is 1. The summed E-state index contributed by atoms with van der Waals surface area (Å²) in [4.78, 5) is 25.8. The van der Waals surface area contributed by atoms with Crippen molar-refractivity contribution in [1.29, 1.82) is 0 Å². The number of benzene rings is 1. The van der Waals surface area contributed by atoms with E-state index < -0.39 is 11.8 Å². The van der Waals surface area contributed by atoms with Crippen LogP contribution in [0.4, 0.5) is 5.00 Å². The van der Waals surface area contributed by atoms with Crippen molar-refractivity contribution in [2.75, 3.05) is 11.9 Å². The normalized spacial score (nSPS) is 13.1. The largest absolute Gasteiger partial charge is 0.490 e. The minimum absolute atomic E-state index is 0.265. The van der Waals surface area contributed by atoms with Crippen LogP contribution in [0, 0.1) is 0 Å². The van der Waals surface area contributed by atoms with Crippen molar-refractivity contribution in [3.63, 3.8) is 0 Å². The maximum atomic E-state index is 12.7. The molecule has 0 atom stereocenters. The molecule has 0 radical (unpaired) electrons. The fraction of sp³-hybridized carbons (Fsp3) is 0.368. The summed E-state index contributed by atoms with van der Waals surface area (Å²) in [5, 5.41) is 3.82. The Kier molecular flexibility index (Phi) is 6.29. The molecule has 0 aliphatic heterocycles. The third-order valence-corrected chi connectivity index (χ3v) is 6.12. The van der Waals surface area contributed by atoms with Crippen LogP contribution in [0.5, 0.6) is 5.75 Å². The Hall–Kier alpha value is -1.76. The highest BCUT2D eigenvalue weighted by atomic mass is 35.5. The Labute approximate surface area is 171 Å². The molecule has 2 aromatic rings. The van der Waals surface area contributed by atoms with E-state index in [0.29, 0.717) is 22.9 Å². The maximum Gasteiger partial charge on any atom is 0.256 e. The summed E-state index contributed by atoms with van der Waals surface area (Å²) in [6, 6.07) is 3.01. The first kappa shape index (κ1) is 20.0. The summed E-state index contributed by atoms with van der Waals surface area (Å²) in [7, 11) is 0. The van der Waals surface area contributed by atoms with E-state index in [1.54, 1.807) is 0 Å². The van der Waals surface area contributed by atoms with Crippen molar-refractivity contribution in [3.8, 4) is 5.75 Å². The van der Waals surface area contributed by atoms with E-state index in [1.165, 1.54) is 23.5 Å². The molecule has 3 N–H and O–H groups in total. The second-order valence-electron chi connectivity index (χ2n) is 6.35. The first-order chi connectivity index (χ1) is 12.9. The lowest BCUT2D eigenvalue weighted by molar-refractivity contribution is 0.100. The minimum atomic E-state index is -0.524. The number of nitrogens with one attached hydrogen (secondary N) is 1. The molecule has 0 spiro atoms. The van der Waals surface area contributed by atoms with Crippen molar-refractivity contribution in [2.24, 2.45) is 5.73 Å². The van der Waals surface area contributed by atoms with Crippen molar-refractivity contribution < 1.29 is 14.3 Å². The summed E-state index contributed by atoms with van der Waals surface area (Å²) in [6.07, 6.45) is 4.61. The second kappa shape index (κ2) is 8.50. The predicted molar refractivity (Wildman–Crippen MR) is 110 cm³/mol. The van der Waals surface area contributed by atoms with Crippen molar-refractivity contribution in [3.05, 3.63) is 43.7 Å². The molecule has 0 unspecified atom stereocenters. The van der Waals surface area contributed by atoms with Gasteiger partial charge in [-0.2, -0.15) is 0 Å². The van der Waals surface area contributed by atoms with Gasteiger partial charge in [0, 0.05) is 10.4 Å². The van der Waals surface area contributed by atoms with E-state index in [0.717, 1.165) is 42.5 Å². The molecule has 8 heteroatoms. The van der Waals surface area contributed by atoms with Crippen LogP contribution in [0.15, 0.2) is 12.1 Å². The molecule has 0 saturated carbocycles. The molecule has 1 aliphatic carbocycles. The molecule has 0 saturated heterocycles. The standard InChI is InChI=1S/C19H20Cl2N2O3S/c1-2-7-26-16-12(20)8-10(9-13(16)21)18(25)23-19-15(17(22)24)11-5-3-4-6-14(11)27-19/h8-9H,2-7H2,1H3,(H2,22,24)(H,23,25). The first-order valence-electron chi connectivity index (χ1n) is 8.79. The van der Waals surface area contributed by atoms with Crippen molar-refractivity contribution >= 4 is 51.4 Å². The number of ether oxygens (including phenoxy) is 1. The van der Waals surface area contributed by atoms with Crippen LogP contribution in [0.1, 0.15) is 57.3 Å². The Morgan fingerprint density at radius 3 is 2.52 bits per heavy atom. The van der Waals surface area contributed by atoms with Crippen LogP contribution >= 0.6 is 34.5 Å². The molecule has 1 aliphatic rings. The number of halogens is 2. The lowest BCUT2D eigenvalue weighted by Gasteiger charge is -2.12. The molecule has 5 nitrogen and oxygen atoms in total. The van der Waals surface area contributed by atoms with E-state index in [1.807, 2.05) is 6.92 Å². The Morgan fingerprint density at radius 1 is 1.22 bits per heavy atom. The lowest BCUT2D eigenvalue weighted by Crippen LogP contribution is -2.18. The van der Waals surface area contributed by atoms with Gasteiger partial charge in [0.2, 0.25) is 0 Å². The second-order valence-corrected chi connectivity index (χ2v) is 8.27. The zero-order valence-corrected chi connectivity index (χ0v) is 17.2. The number of nitrogens with two attached hydrogens (primary N) is 1. The molecule has 1 aromatic carbocycles. The predicted octanol–water partition coefficient (Wildman–Crippen LogP) is 5.07. The van der Waals surface area contributed by atoms with Gasteiger partial charge in [-0.1, -0.05) is 30.1 Å². The molecular weight excluding hydrogens is 407 g/mol. The van der Waals surface area contributed by atoms with Gasteiger partial charge in [0.1, 0.15) is 5.00 Å². The maximum absolute atomic E-state index is 12.7. The van der Waals surface area contributed by atoms with E-state index in [9.17, 15) is 9.59 Å². The Balaban J connectivity index is 1.88. The third-order valence-electron chi connectivity index (χ3n) is 4.36. The van der Waals surface area contributed by atoms with Crippen molar-refractivity contribution in [1.82, 2.24) is 0 Å². The number of carbonyl (C=O) groups is 2. The average molecular weight is 427 g/mol. The minimum Gasteiger partial charge on any atom is -0.490 e. The van der Waals surface area contributed by atoms with Gasteiger partial charge >= 0.3 is 0 Å². The highest BCUT2D eigenvalue weighted by Crippen LogP contribution is 2.39. The van der Waals surface area contributed by atoms with E-state index in [-0.39, 0.29) is 15.6 Å². The fourth-order valence-corrected chi connectivity index (χ4v) is 5.01. The lowest BCUT2D eigenvalue weighted by atomic mass is 9.95. The van der Waals surface area contributed by atoms with Gasteiger partial charge in [-0.05, 0) is 49.8 Å². The number of amides is 2.